The SMILES string of the molecule is O=C(NCCOc1ccccc1)c1cc(Cl)ccc1[N+](=O)[O-]. The Balaban J connectivity index is 1.92. The van der Waals surface area contributed by atoms with E-state index < -0.39 is 10.8 Å². The Morgan fingerprint density at radius 1 is 1.23 bits per heavy atom. The quantitative estimate of drug-likeness (QED) is 0.504. The molecular formula is C15H13ClN2O4. The van der Waals surface area contributed by atoms with Crippen LogP contribution in [0.15, 0.2) is 48.5 Å². The molecule has 22 heavy (non-hydrogen) atoms. The standard InChI is InChI=1S/C15H13ClN2O4/c16-11-6-7-14(18(20)21)13(10-11)15(19)17-8-9-22-12-4-2-1-3-5-12/h1-7,10H,8-9H2,(H,17,19). The minimum atomic E-state index is -0.619. The number of hydrogen-bond donors (Lipinski definition) is 1. The van der Waals surface area contributed by atoms with Gasteiger partial charge in [-0.1, -0.05) is 29.8 Å². The van der Waals surface area contributed by atoms with E-state index in [-0.39, 0.29) is 29.4 Å². The largest absolute Gasteiger partial charge is 0.492 e. The van der Waals surface area contributed by atoms with Gasteiger partial charge in [0.1, 0.15) is 17.9 Å². The Labute approximate surface area is 131 Å². The van der Waals surface area contributed by atoms with Gasteiger partial charge in [-0.05, 0) is 24.3 Å². The van der Waals surface area contributed by atoms with Crippen LogP contribution in [0.2, 0.25) is 5.02 Å². The van der Waals surface area contributed by atoms with Gasteiger partial charge in [0, 0.05) is 11.1 Å². The molecule has 2 aromatic rings. The molecule has 0 unspecified atom stereocenters. The number of rotatable bonds is 6. The van der Waals surface area contributed by atoms with E-state index in [0.717, 1.165) is 0 Å². The second-order valence-corrected chi connectivity index (χ2v) is 4.77. The van der Waals surface area contributed by atoms with Crippen LogP contribution in [0.1, 0.15) is 10.4 Å². The topological polar surface area (TPSA) is 81.5 Å². The summed E-state index contributed by atoms with van der Waals surface area (Å²) in [6.07, 6.45) is 0. The minimum Gasteiger partial charge on any atom is -0.492 e. The maximum Gasteiger partial charge on any atom is 0.282 e. The molecule has 0 heterocycles. The fourth-order valence-electron chi connectivity index (χ4n) is 1.79. The summed E-state index contributed by atoms with van der Waals surface area (Å²) in [6, 6.07) is 13.0. The summed E-state index contributed by atoms with van der Waals surface area (Å²) >= 11 is 5.78. The number of halogens is 1. The van der Waals surface area contributed by atoms with Crippen LogP contribution in [0.25, 0.3) is 0 Å². The number of carbonyl (C=O) groups is 1. The van der Waals surface area contributed by atoms with Crippen molar-refractivity contribution in [2.45, 2.75) is 0 Å². The second-order valence-electron chi connectivity index (χ2n) is 4.34. The first-order valence-corrected chi connectivity index (χ1v) is 6.85. The number of nitro benzene ring substituents is 1. The van der Waals surface area contributed by atoms with Crippen molar-refractivity contribution >= 4 is 23.2 Å². The highest BCUT2D eigenvalue weighted by atomic mass is 35.5. The van der Waals surface area contributed by atoms with E-state index in [0.29, 0.717) is 5.75 Å². The molecule has 1 N–H and O–H groups in total. The minimum absolute atomic E-state index is 0.0720. The third-order valence-electron chi connectivity index (χ3n) is 2.80. The van der Waals surface area contributed by atoms with E-state index in [4.69, 9.17) is 16.3 Å². The van der Waals surface area contributed by atoms with Crippen LogP contribution >= 0.6 is 11.6 Å². The number of nitrogens with one attached hydrogen (secondary N) is 1. The van der Waals surface area contributed by atoms with Crippen molar-refractivity contribution in [3.05, 3.63) is 69.2 Å². The van der Waals surface area contributed by atoms with Gasteiger partial charge in [-0.25, -0.2) is 0 Å². The summed E-state index contributed by atoms with van der Waals surface area (Å²) in [5.74, 6) is 0.122. The highest BCUT2D eigenvalue weighted by Gasteiger charge is 2.20. The molecule has 0 bridgehead atoms. The Hall–Kier alpha value is -2.60. The number of benzene rings is 2. The lowest BCUT2D eigenvalue weighted by molar-refractivity contribution is -0.385. The first kappa shape index (κ1) is 15.8. The van der Waals surface area contributed by atoms with Crippen LogP contribution in [0, 0.1) is 10.1 Å². The Bertz CT molecular complexity index is 676. The Kier molecular flexibility index (Phi) is 5.32. The van der Waals surface area contributed by atoms with Crippen LogP contribution in [0.4, 0.5) is 5.69 Å². The van der Waals surface area contributed by atoms with E-state index in [1.54, 1.807) is 12.1 Å². The van der Waals surface area contributed by atoms with Crippen LogP contribution in [0.5, 0.6) is 5.75 Å². The number of carbonyl (C=O) groups excluding carboxylic acids is 1. The van der Waals surface area contributed by atoms with Crippen LogP contribution in [0.3, 0.4) is 0 Å². The first-order valence-electron chi connectivity index (χ1n) is 6.48. The maximum atomic E-state index is 12.0. The molecule has 0 aliphatic carbocycles. The van der Waals surface area contributed by atoms with Gasteiger partial charge in [-0.3, -0.25) is 14.9 Å². The predicted molar refractivity (Wildman–Crippen MR) is 82.4 cm³/mol. The van der Waals surface area contributed by atoms with Gasteiger partial charge in [0.05, 0.1) is 11.5 Å². The summed E-state index contributed by atoms with van der Waals surface area (Å²) in [4.78, 5) is 22.3. The predicted octanol–water partition coefficient (Wildman–Crippen LogP) is 3.06. The molecule has 0 aliphatic rings. The molecule has 0 atom stereocenters. The number of para-hydroxylation sites is 1. The smallest absolute Gasteiger partial charge is 0.282 e. The fraction of sp³-hybridized carbons (Fsp3) is 0.133. The van der Waals surface area contributed by atoms with E-state index in [1.807, 2.05) is 18.2 Å². The number of hydrogen-bond acceptors (Lipinski definition) is 4. The number of amides is 1. The monoisotopic (exact) mass is 320 g/mol. The van der Waals surface area contributed by atoms with Crippen molar-refractivity contribution in [1.82, 2.24) is 5.32 Å². The normalized spacial score (nSPS) is 10.0. The van der Waals surface area contributed by atoms with Crippen molar-refractivity contribution in [2.75, 3.05) is 13.2 Å². The van der Waals surface area contributed by atoms with E-state index in [9.17, 15) is 14.9 Å². The zero-order valence-electron chi connectivity index (χ0n) is 11.5. The molecule has 2 aromatic carbocycles. The average molecular weight is 321 g/mol. The molecule has 0 saturated carbocycles. The Morgan fingerprint density at radius 2 is 1.95 bits per heavy atom. The van der Waals surface area contributed by atoms with E-state index >= 15 is 0 Å². The summed E-state index contributed by atoms with van der Waals surface area (Å²) < 4.78 is 5.42. The van der Waals surface area contributed by atoms with Gasteiger partial charge in [-0.2, -0.15) is 0 Å². The molecule has 0 radical (unpaired) electrons. The Morgan fingerprint density at radius 3 is 2.64 bits per heavy atom. The third kappa shape index (κ3) is 4.20. The molecular weight excluding hydrogens is 308 g/mol. The molecule has 0 saturated heterocycles. The highest BCUT2D eigenvalue weighted by molar-refractivity contribution is 6.31. The fourth-order valence-corrected chi connectivity index (χ4v) is 1.97. The van der Waals surface area contributed by atoms with E-state index in [1.165, 1.54) is 18.2 Å². The third-order valence-corrected chi connectivity index (χ3v) is 3.03. The van der Waals surface area contributed by atoms with Gasteiger partial charge >= 0.3 is 0 Å². The lowest BCUT2D eigenvalue weighted by Gasteiger charge is -2.08. The zero-order valence-corrected chi connectivity index (χ0v) is 12.2. The first-order chi connectivity index (χ1) is 10.6. The molecule has 0 aromatic heterocycles. The molecule has 0 spiro atoms. The maximum absolute atomic E-state index is 12.0. The van der Waals surface area contributed by atoms with Crippen molar-refractivity contribution in [1.29, 1.82) is 0 Å². The summed E-state index contributed by atoms with van der Waals surface area (Å²) in [6.45, 7) is 0.474. The van der Waals surface area contributed by atoms with Gasteiger partial charge in [0.15, 0.2) is 0 Å². The lowest BCUT2D eigenvalue weighted by atomic mass is 10.1. The lowest BCUT2D eigenvalue weighted by Crippen LogP contribution is -2.28. The second kappa shape index (κ2) is 7.42. The van der Waals surface area contributed by atoms with Crippen LogP contribution in [-0.4, -0.2) is 24.0 Å². The van der Waals surface area contributed by atoms with Crippen LogP contribution in [-0.2, 0) is 0 Å². The molecule has 0 fully saturated rings. The molecule has 6 nitrogen and oxygen atoms in total. The molecule has 0 aliphatic heterocycles. The van der Waals surface area contributed by atoms with Gasteiger partial charge in [0.25, 0.3) is 11.6 Å². The molecule has 114 valence electrons. The van der Waals surface area contributed by atoms with Crippen molar-refractivity contribution in [3.8, 4) is 5.75 Å². The van der Waals surface area contributed by atoms with Gasteiger partial charge in [-0.15, -0.1) is 0 Å². The summed E-state index contributed by atoms with van der Waals surface area (Å²) in [7, 11) is 0. The highest BCUT2D eigenvalue weighted by Crippen LogP contribution is 2.22. The van der Waals surface area contributed by atoms with Gasteiger partial charge in [0.2, 0.25) is 0 Å². The van der Waals surface area contributed by atoms with Crippen molar-refractivity contribution < 1.29 is 14.5 Å². The zero-order chi connectivity index (χ0) is 15.9. The van der Waals surface area contributed by atoms with Crippen molar-refractivity contribution in [2.24, 2.45) is 0 Å². The number of nitro groups is 1. The average Bonchev–Trinajstić information content (AvgIpc) is 2.52. The molecule has 7 heteroatoms. The number of ether oxygens (including phenoxy) is 1. The summed E-state index contributed by atoms with van der Waals surface area (Å²) in [5.41, 5.74) is -0.358. The van der Waals surface area contributed by atoms with E-state index in [2.05, 4.69) is 5.32 Å². The number of nitrogens with zero attached hydrogens (tertiary/aromatic N) is 1. The van der Waals surface area contributed by atoms with Crippen molar-refractivity contribution in [3.63, 3.8) is 0 Å². The van der Waals surface area contributed by atoms with Crippen LogP contribution < -0.4 is 10.1 Å². The van der Waals surface area contributed by atoms with Gasteiger partial charge < -0.3 is 10.1 Å². The molecule has 2 rings (SSSR count). The summed E-state index contributed by atoms with van der Waals surface area (Å²) in [5, 5.41) is 13.7. The molecule has 1 amide bonds.